The second kappa shape index (κ2) is 7.05. The minimum Gasteiger partial charge on any atom is -0.459 e. The molecule has 0 aliphatic carbocycles. The lowest BCUT2D eigenvalue weighted by atomic mass is 9.93. The summed E-state index contributed by atoms with van der Waals surface area (Å²) in [7, 11) is -3.70. The molecule has 8 heteroatoms. The molecule has 6 nitrogen and oxygen atoms in total. The Bertz CT molecular complexity index is 849. The number of nitrogens with zero attached hydrogens (tertiary/aromatic N) is 1. The Morgan fingerprint density at radius 3 is 2.38 bits per heavy atom. The van der Waals surface area contributed by atoms with Crippen molar-refractivity contribution >= 4 is 37.6 Å². The third-order valence-electron chi connectivity index (χ3n) is 3.76. The standard InChI is InChI=1S/C18H25BrN2O4S/c1-17(2,3)25-16(22)15-13-9-11(19)7-8-12(13)14(10-20-15)21-26(23,24)18(4,5)6/h7-9,15,20H,10H2,1-6H3. The summed E-state index contributed by atoms with van der Waals surface area (Å²) in [6, 6.07) is 4.68. The molecule has 0 aromatic heterocycles. The van der Waals surface area contributed by atoms with Gasteiger partial charge < -0.3 is 4.74 Å². The van der Waals surface area contributed by atoms with Crippen LogP contribution in [0.15, 0.2) is 27.1 Å². The molecule has 1 aromatic rings. The van der Waals surface area contributed by atoms with E-state index in [0.29, 0.717) is 16.8 Å². The van der Waals surface area contributed by atoms with E-state index in [1.54, 1.807) is 59.7 Å². The zero-order valence-electron chi connectivity index (χ0n) is 15.9. The van der Waals surface area contributed by atoms with Crippen LogP contribution in [0.1, 0.15) is 58.7 Å². The van der Waals surface area contributed by atoms with E-state index in [9.17, 15) is 13.2 Å². The number of hydrogen-bond donors (Lipinski definition) is 1. The van der Waals surface area contributed by atoms with Crippen LogP contribution in [0.25, 0.3) is 0 Å². The van der Waals surface area contributed by atoms with E-state index in [0.717, 1.165) is 4.47 Å². The van der Waals surface area contributed by atoms with Crippen molar-refractivity contribution < 1.29 is 17.9 Å². The van der Waals surface area contributed by atoms with Crippen LogP contribution < -0.4 is 5.32 Å². The molecule has 1 aromatic carbocycles. The lowest BCUT2D eigenvalue weighted by Gasteiger charge is -2.30. The van der Waals surface area contributed by atoms with Crippen LogP contribution in [0, 0.1) is 0 Å². The average molecular weight is 445 g/mol. The fourth-order valence-electron chi connectivity index (χ4n) is 2.37. The Hall–Kier alpha value is -1.25. The highest BCUT2D eigenvalue weighted by atomic mass is 79.9. The van der Waals surface area contributed by atoms with Gasteiger partial charge in [-0.3, -0.25) is 5.32 Å². The van der Waals surface area contributed by atoms with E-state index in [1.807, 2.05) is 0 Å². The number of halogens is 1. The minimum absolute atomic E-state index is 0.161. The molecule has 1 atom stereocenters. The van der Waals surface area contributed by atoms with Gasteiger partial charge in [0.1, 0.15) is 11.6 Å². The van der Waals surface area contributed by atoms with Gasteiger partial charge in [-0.25, -0.2) is 13.2 Å². The van der Waals surface area contributed by atoms with Crippen molar-refractivity contribution in [3.05, 3.63) is 33.8 Å². The summed E-state index contributed by atoms with van der Waals surface area (Å²) < 4.78 is 34.3. The molecule has 0 bridgehead atoms. The summed E-state index contributed by atoms with van der Waals surface area (Å²) in [6.07, 6.45) is 0. The number of benzene rings is 1. The molecule has 1 aliphatic heterocycles. The Morgan fingerprint density at radius 1 is 1.23 bits per heavy atom. The second-order valence-corrected chi connectivity index (χ2v) is 11.5. The number of sulfonamides is 1. The third-order valence-corrected chi connectivity index (χ3v) is 6.26. The number of rotatable bonds is 2. The summed E-state index contributed by atoms with van der Waals surface area (Å²) in [5.74, 6) is -0.408. The summed E-state index contributed by atoms with van der Waals surface area (Å²) >= 11 is 3.40. The van der Waals surface area contributed by atoms with Gasteiger partial charge >= 0.3 is 5.97 Å². The van der Waals surface area contributed by atoms with E-state index >= 15 is 0 Å². The SMILES string of the molecule is CC(C)(C)OC(=O)C1NCC(=NS(=O)(=O)C(C)(C)C)c2ccc(Br)cc21. The van der Waals surface area contributed by atoms with Gasteiger partial charge in [-0.2, -0.15) is 4.40 Å². The van der Waals surface area contributed by atoms with Gasteiger partial charge in [0.2, 0.25) is 0 Å². The highest BCUT2D eigenvalue weighted by molar-refractivity contribution is 9.10. The first-order valence-corrected chi connectivity index (χ1v) is 10.5. The van der Waals surface area contributed by atoms with Crippen LogP contribution in [0.3, 0.4) is 0 Å². The minimum atomic E-state index is -3.70. The van der Waals surface area contributed by atoms with Crippen molar-refractivity contribution in [2.24, 2.45) is 4.40 Å². The molecular formula is C18H25BrN2O4S. The molecule has 0 radical (unpaired) electrons. The van der Waals surface area contributed by atoms with Crippen LogP contribution >= 0.6 is 15.9 Å². The summed E-state index contributed by atoms with van der Waals surface area (Å²) in [5.41, 5.74) is 1.05. The van der Waals surface area contributed by atoms with Crippen molar-refractivity contribution in [3.8, 4) is 0 Å². The van der Waals surface area contributed by atoms with Crippen molar-refractivity contribution in [2.45, 2.75) is 57.9 Å². The van der Waals surface area contributed by atoms with Gasteiger partial charge in [-0.1, -0.05) is 22.0 Å². The molecule has 0 amide bonds. The first kappa shape index (κ1) is 21.1. The van der Waals surface area contributed by atoms with Gasteiger partial charge in [0.25, 0.3) is 10.0 Å². The second-order valence-electron chi connectivity index (χ2n) is 8.20. The van der Waals surface area contributed by atoms with Gasteiger partial charge in [0.15, 0.2) is 0 Å². The zero-order chi connectivity index (χ0) is 19.9. The van der Waals surface area contributed by atoms with E-state index in [2.05, 4.69) is 25.6 Å². The van der Waals surface area contributed by atoms with Gasteiger partial charge in [-0.15, -0.1) is 0 Å². The van der Waals surface area contributed by atoms with E-state index in [1.165, 1.54) is 0 Å². The highest BCUT2D eigenvalue weighted by Gasteiger charge is 2.35. The normalized spacial score (nSPS) is 20.0. The first-order chi connectivity index (χ1) is 11.7. The van der Waals surface area contributed by atoms with Crippen molar-refractivity contribution in [3.63, 3.8) is 0 Å². The molecule has 1 N–H and O–H groups in total. The Balaban J connectivity index is 2.51. The fourth-order valence-corrected chi connectivity index (χ4v) is 3.48. The van der Waals surface area contributed by atoms with Crippen LogP contribution in [-0.4, -0.2) is 37.0 Å². The topological polar surface area (TPSA) is 84.8 Å². The number of carbonyl (C=O) groups is 1. The summed E-state index contributed by atoms with van der Waals surface area (Å²) in [6.45, 7) is 10.4. The van der Waals surface area contributed by atoms with E-state index in [4.69, 9.17) is 4.74 Å². The predicted molar refractivity (Wildman–Crippen MR) is 106 cm³/mol. The Morgan fingerprint density at radius 2 is 1.85 bits per heavy atom. The van der Waals surface area contributed by atoms with Crippen LogP contribution in [-0.2, 0) is 19.6 Å². The number of fused-ring (bicyclic) bond motifs is 1. The van der Waals surface area contributed by atoms with Gasteiger partial charge in [0.05, 0.1) is 10.5 Å². The highest BCUT2D eigenvalue weighted by Crippen LogP contribution is 2.30. The van der Waals surface area contributed by atoms with Gasteiger partial charge in [0, 0.05) is 16.6 Å². The van der Waals surface area contributed by atoms with Crippen molar-refractivity contribution in [1.82, 2.24) is 5.32 Å². The maximum Gasteiger partial charge on any atom is 0.328 e. The molecular weight excluding hydrogens is 420 g/mol. The lowest BCUT2D eigenvalue weighted by Crippen LogP contribution is -2.42. The molecule has 0 fully saturated rings. The number of hydrogen-bond acceptors (Lipinski definition) is 5. The van der Waals surface area contributed by atoms with Crippen LogP contribution in [0.4, 0.5) is 0 Å². The molecule has 1 unspecified atom stereocenters. The monoisotopic (exact) mass is 444 g/mol. The largest absolute Gasteiger partial charge is 0.459 e. The maximum absolute atomic E-state index is 12.6. The Labute approximate surface area is 163 Å². The van der Waals surface area contributed by atoms with E-state index < -0.39 is 32.4 Å². The quantitative estimate of drug-likeness (QED) is 0.706. The number of esters is 1. The third kappa shape index (κ3) is 4.72. The summed E-state index contributed by atoms with van der Waals surface area (Å²) in [4.78, 5) is 12.6. The fraction of sp³-hybridized carbons (Fsp3) is 0.556. The zero-order valence-corrected chi connectivity index (χ0v) is 18.3. The molecule has 2 rings (SSSR count). The molecule has 1 heterocycles. The Kier molecular flexibility index (Phi) is 5.71. The number of nitrogens with one attached hydrogen (secondary N) is 1. The lowest BCUT2D eigenvalue weighted by molar-refractivity contribution is -0.157. The maximum atomic E-state index is 12.6. The number of carbonyl (C=O) groups excluding carboxylic acids is 1. The molecule has 1 aliphatic rings. The molecule has 0 saturated heterocycles. The summed E-state index contributed by atoms with van der Waals surface area (Å²) in [5, 5.41) is 3.06. The molecule has 26 heavy (non-hydrogen) atoms. The van der Waals surface area contributed by atoms with Crippen molar-refractivity contribution in [2.75, 3.05) is 6.54 Å². The average Bonchev–Trinajstić information content (AvgIpc) is 2.43. The van der Waals surface area contributed by atoms with Crippen LogP contribution in [0.2, 0.25) is 0 Å². The smallest absolute Gasteiger partial charge is 0.328 e. The first-order valence-electron chi connectivity index (χ1n) is 8.31. The molecule has 144 valence electrons. The predicted octanol–water partition coefficient (Wildman–Crippen LogP) is 3.35. The van der Waals surface area contributed by atoms with Gasteiger partial charge in [-0.05, 0) is 59.2 Å². The van der Waals surface area contributed by atoms with E-state index in [-0.39, 0.29) is 6.54 Å². The van der Waals surface area contributed by atoms with Crippen LogP contribution in [0.5, 0.6) is 0 Å². The molecule has 0 spiro atoms. The number of ether oxygens (including phenoxy) is 1. The van der Waals surface area contributed by atoms with Crippen molar-refractivity contribution in [1.29, 1.82) is 0 Å². The molecule has 0 saturated carbocycles.